The Morgan fingerprint density at radius 3 is 2.86 bits per heavy atom. The van der Waals surface area contributed by atoms with Gasteiger partial charge in [0.15, 0.2) is 0 Å². The highest BCUT2D eigenvalue weighted by Crippen LogP contribution is 2.35. The van der Waals surface area contributed by atoms with E-state index in [1.54, 1.807) is 18.2 Å². The second kappa shape index (κ2) is 6.85. The van der Waals surface area contributed by atoms with Crippen LogP contribution >= 0.6 is 0 Å². The highest BCUT2D eigenvalue weighted by atomic mass is 19.3. The lowest BCUT2D eigenvalue weighted by molar-refractivity contribution is -0.138. The van der Waals surface area contributed by atoms with Crippen molar-refractivity contribution >= 4 is 5.97 Å². The largest absolute Gasteiger partial charge is 0.481 e. The molecule has 0 radical (unpaired) electrons. The third-order valence-corrected chi connectivity index (χ3v) is 3.92. The minimum atomic E-state index is -2.87. The quantitative estimate of drug-likeness (QED) is 0.875. The van der Waals surface area contributed by atoms with Gasteiger partial charge in [0.25, 0.3) is 0 Å². The first kappa shape index (κ1) is 15.7. The molecule has 0 amide bonds. The van der Waals surface area contributed by atoms with Crippen molar-refractivity contribution in [1.82, 2.24) is 4.90 Å². The van der Waals surface area contributed by atoms with Gasteiger partial charge in [-0.1, -0.05) is 18.2 Å². The Morgan fingerprint density at radius 1 is 1.48 bits per heavy atom. The lowest BCUT2D eigenvalue weighted by atomic mass is 10.0. The van der Waals surface area contributed by atoms with Gasteiger partial charge in [0.2, 0.25) is 0 Å². The Balaban J connectivity index is 2.19. The number of ether oxygens (including phenoxy) is 1. The first-order chi connectivity index (χ1) is 9.99. The van der Waals surface area contributed by atoms with E-state index in [-0.39, 0.29) is 24.3 Å². The molecule has 4 nitrogen and oxygen atoms in total. The Morgan fingerprint density at radius 2 is 2.19 bits per heavy atom. The van der Waals surface area contributed by atoms with Crippen LogP contribution < -0.4 is 4.74 Å². The molecule has 0 bridgehead atoms. The molecule has 1 fully saturated rings. The van der Waals surface area contributed by atoms with Crippen LogP contribution in [0.1, 0.15) is 37.8 Å². The van der Waals surface area contributed by atoms with E-state index in [9.17, 15) is 13.6 Å². The second-order valence-corrected chi connectivity index (χ2v) is 5.22. The zero-order valence-corrected chi connectivity index (χ0v) is 11.8. The van der Waals surface area contributed by atoms with Crippen molar-refractivity contribution in [3.8, 4) is 5.75 Å². The molecule has 21 heavy (non-hydrogen) atoms. The lowest BCUT2D eigenvalue weighted by Gasteiger charge is -2.31. The van der Waals surface area contributed by atoms with Crippen molar-refractivity contribution in [3.05, 3.63) is 29.8 Å². The van der Waals surface area contributed by atoms with Gasteiger partial charge in [-0.05, 0) is 32.4 Å². The number of alkyl halides is 2. The van der Waals surface area contributed by atoms with Crippen molar-refractivity contribution in [3.63, 3.8) is 0 Å². The number of hydrogen-bond donors (Lipinski definition) is 1. The smallest absolute Gasteiger partial charge is 0.387 e. The van der Waals surface area contributed by atoms with Crippen LogP contribution in [0.4, 0.5) is 8.78 Å². The Hall–Kier alpha value is -1.69. The monoisotopic (exact) mass is 299 g/mol. The minimum absolute atomic E-state index is 0.0582. The van der Waals surface area contributed by atoms with E-state index in [0.717, 1.165) is 19.4 Å². The first-order valence-electron chi connectivity index (χ1n) is 7.00. The van der Waals surface area contributed by atoms with Crippen molar-refractivity contribution < 1.29 is 23.4 Å². The van der Waals surface area contributed by atoms with E-state index < -0.39 is 12.6 Å². The maximum atomic E-state index is 12.5. The summed E-state index contributed by atoms with van der Waals surface area (Å²) in [5.74, 6) is -0.683. The molecule has 1 aliphatic rings. The molecule has 2 rings (SSSR count). The molecule has 1 aromatic rings. The molecule has 1 N–H and O–H groups in total. The van der Waals surface area contributed by atoms with Gasteiger partial charge < -0.3 is 9.84 Å². The average Bonchev–Trinajstić information content (AvgIpc) is 2.85. The predicted molar refractivity (Wildman–Crippen MR) is 73.5 cm³/mol. The van der Waals surface area contributed by atoms with E-state index in [1.807, 2.05) is 6.92 Å². The minimum Gasteiger partial charge on any atom is -0.481 e. The number of carboxylic acid groups (broad SMARTS) is 1. The summed E-state index contributed by atoms with van der Waals surface area (Å²) in [6, 6.07) is 6.46. The third kappa shape index (κ3) is 3.91. The molecule has 2 atom stereocenters. The predicted octanol–water partition coefficient (Wildman–Crippen LogP) is 3.29. The molecular weight excluding hydrogens is 280 g/mol. The summed E-state index contributed by atoms with van der Waals surface area (Å²) in [6.45, 7) is -0.206. The molecular formula is C15H19F2NO3. The number of carboxylic acids is 1. The molecule has 1 aromatic carbocycles. The fourth-order valence-electron chi connectivity index (χ4n) is 3.00. The molecule has 1 saturated heterocycles. The summed E-state index contributed by atoms with van der Waals surface area (Å²) in [5.41, 5.74) is 0.662. The first-order valence-corrected chi connectivity index (χ1v) is 7.00. The second-order valence-electron chi connectivity index (χ2n) is 5.22. The number of likely N-dealkylation sites (tertiary alicyclic amines) is 1. The van der Waals surface area contributed by atoms with Gasteiger partial charge in [-0.25, -0.2) is 0 Å². The number of benzene rings is 1. The molecule has 2 unspecified atom stereocenters. The number of hydrogen-bond acceptors (Lipinski definition) is 3. The topological polar surface area (TPSA) is 49.8 Å². The van der Waals surface area contributed by atoms with Crippen LogP contribution in [0.2, 0.25) is 0 Å². The fraction of sp³-hybridized carbons (Fsp3) is 0.533. The van der Waals surface area contributed by atoms with E-state index in [1.165, 1.54) is 6.07 Å². The van der Waals surface area contributed by atoms with Crippen LogP contribution in [-0.4, -0.2) is 35.2 Å². The molecule has 116 valence electrons. The van der Waals surface area contributed by atoms with Gasteiger partial charge in [0.05, 0.1) is 6.42 Å². The number of aliphatic carboxylic acids is 1. The SMILES string of the molecule is CC(c1ccccc1OC(F)F)N1CCCC1CC(=O)O. The van der Waals surface area contributed by atoms with Crippen LogP contribution in [-0.2, 0) is 4.79 Å². The molecule has 1 aliphatic heterocycles. The van der Waals surface area contributed by atoms with Crippen LogP contribution in [0, 0.1) is 0 Å². The Kier molecular flexibility index (Phi) is 5.12. The summed E-state index contributed by atoms with van der Waals surface area (Å²) in [6.07, 6.45) is 1.80. The maximum absolute atomic E-state index is 12.5. The van der Waals surface area contributed by atoms with Crippen LogP contribution in [0.5, 0.6) is 5.75 Å². The van der Waals surface area contributed by atoms with Gasteiger partial charge in [0.1, 0.15) is 5.75 Å². The van der Waals surface area contributed by atoms with Gasteiger partial charge in [-0.3, -0.25) is 9.69 Å². The Labute approximate surface area is 122 Å². The summed E-state index contributed by atoms with van der Waals surface area (Å²) in [5, 5.41) is 8.97. The zero-order valence-electron chi connectivity index (χ0n) is 11.8. The average molecular weight is 299 g/mol. The standard InChI is InChI=1S/C15H19F2NO3/c1-10(18-8-4-5-11(18)9-14(19)20)12-6-2-3-7-13(12)21-15(16)17/h2-3,6-7,10-11,15H,4-5,8-9H2,1H3,(H,19,20). The molecule has 6 heteroatoms. The maximum Gasteiger partial charge on any atom is 0.387 e. The summed E-state index contributed by atoms with van der Waals surface area (Å²) >= 11 is 0. The van der Waals surface area contributed by atoms with Crippen molar-refractivity contribution in [2.45, 2.75) is 44.9 Å². The molecule has 0 saturated carbocycles. The summed E-state index contributed by atoms with van der Waals surface area (Å²) < 4.78 is 29.5. The molecule has 0 aromatic heterocycles. The number of carbonyl (C=O) groups is 1. The normalized spacial score (nSPS) is 20.7. The molecule has 1 heterocycles. The van der Waals surface area contributed by atoms with Crippen molar-refractivity contribution in [1.29, 1.82) is 0 Å². The van der Waals surface area contributed by atoms with E-state index in [0.29, 0.717) is 5.56 Å². The number of para-hydroxylation sites is 1. The van der Waals surface area contributed by atoms with E-state index in [4.69, 9.17) is 5.11 Å². The van der Waals surface area contributed by atoms with Crippen LogP contribution in [0.15, 0.2) is 24.3 Å². The van der Waals surface area contributed by atoms with Gasteiger partial charge in [-0.15, -0.1) is 0 Å². The van der Waals surface area contributed by atoms with Crippen molar-refractivity contribution in [2.24, 2.45) is 0 Å². The fourth-order valence-corrected chi connectivity index (χ4v) is 3.00. The lowest BCUT2D eigenvalue weighted by Crippen LogP contribution is -2.34. The highest BCUT2D eigenvalue weighted by Gasteiger charge is 2.32. The highest BCUT2D eigenvalue weighted by molar-refractivity contribution is 5.67. The van der Waals surface area contributed by atoms with Crippen LogP contribution in [0.3, 0.4) is 0 Å². The number of rotatable bonds is 6. The molecule has 0 aliphatic carbocycles. The van der Waals surface area contributed by atoms with Crippen LogP contribution in [0.25, 0.3) is 0 Å². The van der Waals surface area contributed by atoms with E-state index in [2.05, 4.69) is 9.64 Å². The molecule has 0 spiro atoms. The Bertz CT molecular complexity index is 496. The third-order valence-electron chi connectivity index (χ3n) is 3.92. The van der Waals surface area contributed by atoms with Gasteiger partial charge in [0, 0.05) is 17.6 Å². The zero-order chi connectivity index (χ0) is 15.4. The van der Waals surface area contributed by atoms with Gasteiger partial charge >= 0.3 is 12.6 Å². The van der Waals surface area contributed by atoms with E-state index >= 15 is 0 Å². The van der Waals surface area contributed by atoms with Crippen molar-refractivity contribution in [2.75, 3.05) is 6.54 Å². The number of nitrogens with zero attached hydrogens (tertiary/aromatic N) is 1. The summed E-state index contributed by atoms with van der Waals surface area (Å²) in [7, 11) is 0. The number of halogens is 2. The van der Waals surface area contributed by atoms with Gasteiger partial charge in [-0.2, -0.15) is 8.78 Å². The summed E-state index contributed by atoms with van der Waals surface area (Å²) in [4.78, 5) is 13.0.